The fourth-order valence-corrected chi connectivity index (χ4v) is 2.97. The topological polar surface area (TPSA) is 96.0 Å². The highest BCUT2D eigenvalue weighted by atomic mass is 32.2. The van der Waals surface area contributed by atoms with Crippen LogP contribution in [0.1, 0.15) is 11.1 Å². The van der Waals surface area contributed by atoms with Gasteiger partial charge in [-0.15, -0.1) is 0 Å². The Morgan fingerprint density at radius 2 is 1.86 bits per heavy atom. The van der Waals surface area contributed by atoms with Crippen molar-refractivity contribution in [1.29, 1.82) is 5.41 Å². The van der Waals surface area contributed by atoms with Crippen LogP contribution in [0.15, 0.2) is 48.5 Å². The van der Waals surface area contributed by atoms with E-state index in [1.807, 2.05) is 0 Å². The van der Waals surface area contributed by atoms with Gasteiger partial charge in [-0.3, -0.25) is 10.1 Å². The molecular formula is C14H14FN3O2S. The van der Waals surface area contributed by atoms with Gasteiger partial charge in [-0.05, 0) is 23.8 Å². The average Bonchev–Trinajstić information content (AvgIpc) is 2.41. The Labute approximate surface area is 122 Å². The predicted octanol–water partition coefficient (Wildman–Crippen LogP) is 2.05. The van der Waals surface area contributed by atoms with E-state index < -0.39 is 15.8 Å². The zero-order chi connectivity index (χ0) is 15.5. The van der Waals surface area contributed by atoms with Crippen LogP contribution >= 0.6 is 0 Å². The van der Waals surface area contributed by atoms with Crippen molar-refractivity contribution in [3.8, 4) is 0 Å². The lowest BCUT2D eigenvalue weighted by Gasteiger charge is -2.10. The van der Waals surface area contributed by atoms with Gasteiger partial charge in [0, 0.05) is 5.56 Å². The third-order valence-corrected chi connectivity index (χ3v) is 3.99. The molecule has 0 saturated carbocycles. The van der Waals surface area contributed by atoms with E-state index in [4.69, 9.17) is 11.1 Å². The first-order valence-corrected chi connectivity index (χ1v) is 7.71. The second-order valence-corrected chi connectivity index (χ2v) is 6.18. The lowest BCUT2D eigenvalue weighted by atomic mass is 10.2. The summed E-state index contributed by atoms with van der Waals surface area (Å²) in [6, 6.07) is 12.2. The molecule has 2 rings (SSSR count). The molecule has 110 valence electrons. The second-order valence-electron chi connectivity index (χ2n) is 4.46. The third-order valence-electron chi connectivity index (χ3n) is 2.75. The van der Waals surface area contributed by atoms with Crippen LogP contribution in [-0.2, 0) is 15.8 Å². The van der Waals surface area contributed by atoms with E-state index in [9.17, 15) is 12.8 Å². The zero-order valence-corrected chi connectivity index (χ0v) is 11.8. The number of nitrogen functional groups attached to an aromatic ring is 1. The number of hydrogen-bond donors (Lipinski definition) is 3. The van der Waals surface area contributed by atoms with Crippen LogP contribution in [0.5, 0.6) is 0 Å². The molecule has 0 unspecified atom stereocenters. The summed E-state index contributed by atoms with van der Waals surface area (Å²) in [4.78, 5) is 0. The van der Waals surface area contributed by atoms with Crippen molar-refractivity contribution < 1.29 is 12.8 Å². The number of nitrogens with two attached hydrogens (primary N) is 1. The summed E-state index contributed by atoms with van der Waals surface area (Å²) in [6.07, 6.45) is 0. The summed E-state index contributed by atoms with van der Waals surface area (Å²) in [7, 11) is -3.72. The van der Waals surface area contributed by atoms with Crippen LogP contribution < -0.4 is 10.5 Å². The Hall–Kier alpha value is -2.41. The first-order chi connectivity index (χ1) is 9.87. The number of anilines is 1. The first kappa shape index (κ1) is 15.0. The van der Waals surface area contributed by atoms with Crippen LogP contribution in [0, 0.1) is 11.2 Å². The maximum absolute atomic E-state index is 13.8. The Kier molecular flexibility index (Phi) is 4.23. The lowest BCUT2D eigenvalue weighted by Crippen LogP contribution is -2.17. The molecule has 0 spiro atoms. The van der Waals surface area contributed by atoms with Crippen molar-refractivity contribution in [2.45, 2.75) is 5.75 Å². The molecule has 0 saturated heterocycles. The van der Waals surface area contributed by atoms with Gasteiger partial charge in [-0.25, -0.2) is 12.8 Å². The first-order valence-electron chi connectivity index (χ1n) is 6.06. The zero-order valence-electron chi connectivity index (χ0n) is 11.0. The summed E-state index contributed by atoms with van der Waals surface area (Å²) < 4.78 is 40.0. The molecule has 0 atom stereocenters. The monoisotopic (exact) mass is 307 g/mol. The number of rotatable bonds is 5. The van der Waals surface area contributed by atoms with Crippen molar-refractivity contribution in [2.24, 2.45) is 5.73 Å². The second kappa shape index (κ2) is 5.92. The van der Waals surface area contributed by atoms with Crippen molar-refractivity contribution in [1.82, 2.24) is 0 Å². The fraction of sp³-hybridized carbons (Fsp3) is 0.0714. The number of hydrogen-bond acceptors (Lipinski definition) is 3. The lowest BCUT2D eigenvalue weighted by molar-refractivity contribution is 0.598. The summed E-state index contributed by atoms with van der Waals surface area (Å²) in [5, 5.41) is 7.20. The van der Waals surface area contributed by atoms with Gasteiger partial charge in [0.25, 0.3) is 0 Å². The SMILES string of the molecule is N=C(N)c1ccc(NS(=O)(=O)Cc2ccccc2)c(F)c1. The third kappa shape index (κ3) is 4.03. The highest BCUT2D eigenvalue weighted by Crippen LogP contribution is 2.18. The van der Waals surface area contributed by atoms with Crippen LogP contribution in [0.25, 0.3) is 0 Å². The minimum absolute atomic E-state index is 0.170. The number of nitrogens with one attached hydrogen (secondary N) is 2. The molecule has 0 fully saturated rings. The normalized spacial score (nSPS) is 11.1. The van der Waals surface area contributed by atoms with E-state index in [0.29, 0.717) is 5.56 Å². The van der Waals surface area contributed by atoms with Crippen LogP contribution in [0.2, 0.25) is 0 Å². The highest BCUT2D eigenvalue weighted by Gasteiger charge is 2.14. The van der Waals surface area contributed by atoms with Gasteiger partial charge >= 0.3 is 0 Å². The standard InChI is InChI=1S/C14H14FN3O2S/c15-12-8-11(14(16)17)6-7-13(12)18-21(19,20)9-10-4-2-1-3-5-10/h1-8,18H,9H2,(H3,16,17). The quantitative estimate of drug-likeness (QED) is 0.582. The largest absolute Gasteiger partial charge is 0.384 e. The summed E-state index contributed by atoms with van der Waals surface area (Å²) in [6.45, 7) is 0. The fourth-order valence-electron chi connectivity index (χ4n) is 1.76. The summed E-state index contributed by atoms with van der Waals surface area (Å²) in [5.41, 5.74) is 5.87. The van der Waals surface area contributed by atoms with Crippen molar-refractivity contribution in [2.75, 3.05) is 4.72 Å². The average molecular weight is 307 g/mol. The van der Waals surface area contributed by atoms with Crippen LogP contribution in [0.4, 0.5) is 10.1 Å². The van der Waals surface area contributed by atoms with Gasteiger partial charge < -0.3 is 5.73 Å². The minimum atomic E-state index is -3.72. The van der Waals surface area contributed by atoms with Gasteiger partial charge in [0.05, 0.1) is 11.4 Å². The number of benzene rings is 2. The Morgan fingerprint density at radius 1 is 1.19 bits per heavy atom. The molecular weight excluding hydrogens is 293 g/mol. The van der Waals surface area contributed by atoms with Gasteiger partial charge in [0.1, 0.15) is 11.7 Å². The molecule has 0 heterocycles. The molecule has 0 aliphatic heterocycles. The smallest absolute Gasteiger partial charge is 0.237 e. The molecule has 0 amide bonds. The minimum Gasteiger partial charge on any atom is -0.384 e. The number of amidine groups is 1. The van der Waals surface area contributed by atoms with Gasteiger partial charge in [0.15, 0.2) is 0 Å². The van der Waals surface area contributed by atoms with Crippen molar-refractivity contribution in [3.05, 3.63) is 65.5 Å². The van der Waals surface area contributed by atoms with Crippen molar-refractivity contribution in [3.63, 3.8) is 0 Å². The predicted molar refractivity (Wildman–Crippen MR) is 80.1 cm³/mol. The Morgan fingerprint density at radius 3 is 2.43 bits per heavy atom. The maximum Gasteiger partial charge on any atom is 0.237 e. The van der Waals surface area contributed by atoms with Crippen LogP contribution in [0.3, 0.4) is 0 Å². The molecule has 21 heavy (non-hydrogen) atoms. The van der Waals surface area contributed by atoms with E-state index in [0.717, 1.165) is 6.07 Å². The van der Waals surface area contributed by atoms with E-state index in [-0.39, 0.29) is 22.8 Å². The van der Waals surface area contributed by atoms with Crippen LogP contribution in [-0.4, -0.2) is 14.3 Å². The highest BCUT2D eigenvalue weighted by molar-refractivity contribution is 7.91. The molecule has 0 aliphatic rings. The molecule has 0 aromatic heterocycles. The summed E-state index contributed by atoms with van der Waals surface area (Å²) in [5.74, 6) is -1.31. The molecule has 5 nitrogen and oxygen atoms in total. The molecule has 2 aromatic carbocycles. The Balaban J connectivity index is 2.19. The number of halogens is 1. The van der Waals surface area contributed by atoms with E-state index in [1.165, 1.54) is 12.1 Å². The molecule has 0 bridgehead atoms. The molecule has 7 heteroatoms. The maximum atomic E-state index is 13.8. The van der Waals surface area contributed by atoms with Crippen molar-refractivity contribution >= 4 is 21.5 Å². The van der Waals surface area contributed by atoms with Gasteiger partial charge in [0.2, 0.25) is 10.0 Å². The van der Waals surface area contributed by atoms with E-state index in [2.05, 4.69) is 4.72 Å². The van der Waals surface area contributed by atoms with E-state index in [1.54, 1.807) is 30.3 Å². The van der Waals surface area contributed by atoms with Gasteiger partial charge in [-0.1, -0.05) is 30.3 Å². The number of sulfonamides is 1. The molecule has 0 aliphatic carbocycles. The molecule has 2 aromatic rings. The van der Waals surface area contributed by atoms with Gasteiger partial charge in [-0.2, -0.15) is 0 Å². The summed E-state index contributed by atoms with van der Waals surface area (Å²) >= 11 is 0. The van der Waals surface area contributed by atoms with E-state index >= 15 is 0 Å². The molecule has 4 N–H and O–H groups in total. The molecule has 0 radical (unpaired) electrons. The Bertz CT molecular complexity index is 761.